The van der Waals surface area contributed by atoms with Gasteiger partial charge >= 0.3 is 5.97 Å². The van der Waals surface area contributed by atoms with E-state index < -0.39 is 11.8 Å². The summed E-state index contributed by atoms with van der Waals surface area (Å²) in [6, 6.07) is 6.29. The summed E-state index contributed by atoms with van der Waals surface area (Å²) in [6.07, 6.45) is 9.08. The molecule has 0 bridgehead atoms. The van der Waals surface area contributed by atoms with Gasteiger partial charge in [0.1, 0.15) is 5.75 Å². The minimum Gasteiger partial charge on any atom is -0.494 e. The largest absolute Gasteiger partial charge is 0.494 e. The van der Waals surface area contributed by atoms with Crippen LogP contribution < -0.4 is 4.74 Å². The smallest absolute Gasteiger partial charge is 0.377 e. The predicted molar refractivity (Wildman–Crippen MR) is 79.7 cm³/mol. The van der Waals surface area contributed by atoms with Crippen molar-refractivity contribution in [2.45, 2.75) is 44.9 Å². The SMILES string of the molecule is O=C(O)C(=O)c1ccc(OCCCC2CCCCC2)cc1. The van der Waals surface area contributed by atoms with Crippen LogP contribution in [0.4, 0.5) is 0 Å². The highest BCUT2D eigenvalue weighted by molar-refractivity contribution is 6.39. The van der Waals surface area contributed by atoms with E-state index in [1.165, 1.54) is 50.7 Å². The molecule has 0 aromatic heterocycles. The van der Waals surface area contributed by atoms with E-state index in [1.54, 1.807) is 12.1 Å². The van der Waals surface area contributed by atoms with Gasteiger partial charge in [0, 0.05) is 5.56 Å². The lowest BCUT2D eigenvalue weighted by molar-refractivity contribution is -0.131. The minimum absolute atomic E-state index is 0.178. The van der Waals surface area contributed by atoms with E-state index in [-0.39, 0.29) is 5.56 Å². The number of rotatable bonds is 7. The number of aliphatic carboxylic acids is 1. The summed E-state index contributed by atoms with van der Waals surface area (Å²) in [5.41, 5.74) is 0.178. The molecular formula is C17H22O4. The molecular weight excluding hydrogens is 268 g/mol. The van der Waals surface area contributed by atoms with Crippen molar-refractivity contribution in [3.05, 3.63) is 29.8 Å². The number of Topliss-reactive ketones (excluding diaryl/α,β-unsaturated/α-hetero) is 1. The lowest BCUT2D eigenvalue weighted by Gasteiger charge is -2.21. The Hall–Kier alpha value is -1.84. The molecule has 4 heteroatoms. The zero-order valence-electron chi connectivity index (χ0n) is 12.2. The van der Waals surface area contributed by atoms with Gasteiger partial charge in [0.05, 0.1) is 6.61 Å². The van der Waals surface area contributed by atoms with E-state index in [0.29, 0.717) is 12.4 Å². The Morgan fingerprint density at radius 2 is 1.76 bits per heavy atom. The van der Waals surface area contributed by atoms with Crippen molar-refractivity contribution in [1.29, 1.82) is 0 Å². The van der Waals surface area contributed by atoms with Gasteiger partial charge in [0.15, 0.2) is 0 Å². The van der Waals surface area contributed by atoms with Gasteiger partial charge < -0.3 is 9.84 Å². The fourth-order valence-corrected chi connectivity index (χ4v) is 2.86. The van der Waals surface area contributed by atoms with Crippen LogP contribution in [0.15, 0.2) is 24.3 Å². The highest BCUT2D eigenvalue weighted by Gasteiger charge is 2.14. The molecule has 4 nitrogen and oxygen atoms in total. The van der Waals surface area contributed by atoms with Gasteiger partial charge in [-0.15, -0.1) is 0 Å². The summed E-state index contributed by atoms with van der Waals surface area (Å²) in [6.45, 7) is 0.669. The van der Waals surface area contributed by atoms with Crippen molar-refractivity contribution in [3.8, 4) is 5.75 Å². The number of hydrogen-bond donors (Lipinski definition) is 1. The van der Waals surface area contributed by atoms with Gasteiger partial charge in [-0.2, -0.15) is 0 Å². The summed E-state index contributed by atoms with van der Waals surface area (Å²) in [7, 11) is 0. The predicted octanol–water partition coefficient (Wildman–Crippen LogP) is 3.69. The summed E-state index contributed by atoms with van der Waals surface area (Å²) in [5, 5.41) is 8.62. The van der Waals surface area contributed by atoms with Gasteiger partial charge in [-0.25, -0.2) is 4.79 Å². The van der Waals surface area contributed by atoms with E-state index in [2.05, 4.69) is 0 Å². The molecule has 1 aromatic carbocycles. The molecule has 0 atom stereocenters. The first-order valence-corrected chi connectivity index (χ1v) is 7.67. The molecule has 0 spiro atoms. The first-order valence-electron chi connectivity index (χ1n) is 7.67. The molecule has 1 aliphatic rings. The van der Waals surface area contributed by atoms with Gasteiger partial charge in [-0.3, -0.25) is 4.79 Å². The van der Waals surface area contributed by atoms with Crippen molar-refractivity contribution >= 4 is 11.8 Å². The van der Waals surface area contributed by atoms with Crippen molar-refractivity contribution in [3.63, 3.8) is 0 Å². The maximum atomic E-state index is 11.3. The van der Waals surface area contributed by atoms with Crippen LogP contribution >= 0.6 is 0 Å². The van der Waals surface area contributed by atoms with E-state index >= 15 is 0 Å². The van der Waals surface area contributed by atoms with Crippen LogP contribution in [0.3, 0.4) is 0 Å². The normalized spacial score (nSPS) is 15.6. The standard InChI is InChI=1S/C17H22O4/c18-16(17(19)20)14-8-10-15(11-9-14)21-12-4-7-13-5-2-1-3-6-13/h8-11,13H,1-7,12H2,(H,19,20). The Balaban J connectivity index is 1.71. The number of carboxylic acid groups (broad SMARTS) is 1. The number of benzene rings is 1. The molecule has 0 heterocycles. The number of carboxylic acids is 1. The number of ketones is 1. The first-order chi connectivity index (χ1) is 10.2. The monoisotopic (exact) mass is 290 g/mol. The molecule has 1 N–H and O–H groups in total. The van der Waals surface area contributed by atoms with E-state index in [0.717, 1.165) is 12.3 Å². The van der Waals surface area contributed by atoms with Crippen LogP contribution in [0.5, 0.6) is 5.75 Å². The second kappa shape index (κ2) is 7.81. The highest BCUT2D eigenvalue weighted by Crippen LogP contribution is 2.27. The maximum Gasteiger partial charge on any atom is 0.377 e. The fraction of sp³-hybridized carbons (Fsp3) is 0.529. The third-order valence-corrected chi connectivity index (χ3v) is 4.06. The molecule has 2 rings (SSSR count). The van der Waals surface area contributed by atoms with Crippen LogP contribution in [0, 0.1) is 5.92 Å². The molecule has 0 aliphatic heterocycles. The Labute approximate surface area is 125 Å². The number of ether oxygens (including phenoxy) is 1. The minimum atomic E-state index is -1.43. The Morgan fingerprint density at radius 3 is 2.38 bits per heavy atom. The molecule has 0 unspecified atom stereocenters. The molecule has 1 aliphatic carbocycles. The summed E-state index contributed by atoms with van der Waals surface area (Å²) in [4.78, 5) is 21.8. The third-order valence-electron chi connectivity index (χ3n) is 4.06. The quantitative estimate of drug-likeness (QED) is 0.472. The van der Waals surface area contributed by atoms with Gasteiger partial charge in [-0.1, -0.05) is 32.1 Å². The Morgan fingerprint density at radius 1 is 1.10 bits per heavy atom. The van der Waals surface area contributed by atoms with Crippen LogP contribution in [-0.4, -0.2) is 23.5 Å². The third kappa shape index (κ3) is 4.88. The fourth-order valence-electron chi connectivity index (χ4n) is 2.86. The van der Waals surface area contributed by atoms with E-state index in [9.17, 15) is 9.59 Å². The van der Waals surface area contributed by atoms with Crippen molar-refractivity contribution < 1.29 is 19.4 Å². The Bertz CT molecular complexity index is 472. The lowest BCUT2D eigenvalue weighted by Crippen LogP contribution is -2.12. The number of carbonyl (C=O) groups is 2. The van der Waals surface area contributed by atoms with Gasteiger partial charge in [0.2, 0.25) is 0 Å². The van der Waals surface area contributed by atoms with Crippen molar-refractivity contribution in [1.82, 2.24) is 0 Å². The highest BCUT2D eigenvalue weighted by atomic mass is 16.5. The first kappa shape index (κ1) is 15.5. The van der Waals surface area contributed by atoms with Crippen molar-refractivity contribution in [2.24, 2.45) is 5.92 Å². The van der Waals surface area contributed by atoms with Crippen molar-refractivity contribution in [2.75, 3.05) is 6.61 Å². The molecule has 1 fully saturated rings. The molecule has 21 heavy (non-hydrogen) atoms. The molecule has 1 saturated carbocycles. The summed E-state index contributed by atoms with van der Waals surface area (Å²) in [5.74, 6) is -0.784. The van der Waals surface area contributed by atoms with E-state index in [1.807, 2.05) is 0 Å². The maximum absolute atomic E-state index is 11.3. The molecule has 1 aromatic rings. The van der Waals surface area contributed by atoms with Crippen LogP contribution in [0.1, 0.15) is 55.3 Å². The second-order valence-electron chi connectivity index (χ2n) is 5.65. The van der Waals surface area contributed by atoms with E-state index in [4.69, 9.17) is 9.84 Å². The summed E-state index contributed by atoms with van der Waals surface area (Å²) >= 11 is 0. The number of carbonyl (C=O) groups excluding carboxylic acids is 1. The van der Waals surface area contributed by atoms with Crippen LogP contribution in [0.25, 0.3) is 0 Å². The number of hydrogen-bond acceptors (Lipinski definition) is 3. The average molecular weight is 290 g/mol. The van der Waals surface area contributed by atoms with Crippen LogP contribution in [-0.2, 0) is 4.79 Å². The Kier molecular flexibility index (Phi) is 5.78. The zero-order chi connectivity index (χ0) is 15.1. The topological polar surface area (TPSA) is 63.6 Å². The van der Waals surface area contributed by atoms with Gasteiger partial charge in [-0.05, 0) is 43.0 Å². The molecule has 114 valence electrons. The molecule has 0 saturated heterocycles. The van der Waals surface area contributed by atoms with Gasteiger partial charge in [0.25, 0.3) is 5.78 Å². The molecule has 0 radical (unpaired) electrons. The van der Waals surface area contributed by atoms with Crippen LogP contribution in [0.2, 0.25) is 0 Å². The zero-order valence-corrected chi connectivity index (χ0v) is 12.2. The molecule has 0 amide bonds. The average Bonchev–Trinajstić information content (AvgIpc) is 2.52. The summed E-state index contributed by atoms with van der Waals surface area (Å²) < 4.78 is 5.63. The second-order valence-corrected chi connectivity index (χ2v) is 5.65. The lowest BCUT2D eigenvalue weighted by atomic mass is 9.86.